The standard InChI is InChI=1S/C11H25N3O2S/c1-4-11(2)12-5-6-13-7-9-14(10-8-13)17(3,15)16/h11-12H,4-10H2,1-3H3. The molecule has 0 aromatic heterocycles. The second-order valence-electron chi connectivity index (χ2n) is 4.77. The van der Waals surface area contributed by atoms with Gasteiger partial charge in [-0.1, -0.05) is 6.92 Å². The van der Waals surface area contributed by atoms with Gasteiger partial charge in [-0.15, -0.1) is 0 Å². The third-order valence-corrected chi connectivity index (χ3v) is 4.64. The highest BCUT2D eigenvalue weighted by molar-refractivity contribution is 7.88. The van der Waals surface area contributed by atoms with Crippen molar-refractivity contribution in [3.63, 3.8) is 0 Å². The summed E-state index contributed by atoms with van der Waals surface area (Å²) in [5.41, 5.74) is 0. The molecular formula is C11H25N3O2S. The fraction of sp³-hybridized carbons (Fsp3) is 1.00. The Labute approximate surface area is 105 Å². The lowest BCUT2D eigenvalue weighted by molar-refractivity contribution is 0.188. The molecule has 1 fully saturated rings. The second kappa shape index (κ2) is 6.68. The zero-order valence-electron chi connectivity index (χ0n) is 11.1. The van der Waals surface area contributed by atoms with Crippen LogP contribution in [0.2, 0.25) is 0 Å². The molecular weight excluding hydrogens is 238 g/mol. The van der Waals surface area contributed by atoms with Crippen LogP contribution in [-0.4, -0.2) is 69.2 Å². The quantitative estimate of drug-likeness (QED) is 0.730. The summed E-state index contributed by atoms with van der Waals surface area (Å²) >= 11 is 0. The van der Waals surface area contributed by atoms with E-state index in [9.17, 15) is 8.42 Å². The van der Waals surface area contributed by atoms with Gasteiger partial charge in [0.05, 0.1) is 6.26 Å². The van der Waals surface area contributed by atoms with Crippen LogP contribution in [-0.2, 0) is 10.0 Å². The fourth-order valence-corrected chi connectivity index (χ4v) is 2.72. The van der Waals surface area contributed by atoms with Crippen molar-refractivity contribution >= 4 is 10.0 Å². The van der Waals surface area contributed by atoms with Gasteiger partial charge in [0.25, 0.3) is 0 Å². The van der Waals surface area contributed by atoms with E-state index in [0.29, 0.717) is 19.1 Å². The smallest absolute Gasteiger partial charge is 0.211 e. The molecule has 0 bridgehead atoms. The number of rotatable bonds is 6. The van der Waals surface area contributed by atoms with Gasteiger partial charge >= 0.3 is 0 Å². The van der Waals surface area contributed by atoms with E-state index in [0.717, 1.165) is 32.6 Å². The molecule has 1 aliphatic rings. The third kappa shape index (κ3) is 5.33. The molecule has 0 aromatic rings. The largest absolute Gasteiger partial charge is 0.313 e. The van der Waals surface area contributed by atoms with Crippen LogP contribution in [0, 0.1) is 0 Å². The van der Waals surface area contributed by atoms with Gasteiger partial charge in [0.1, 0.15) is 0 Å². The predicted octanol–water partition coefficient (Wildman–Crippen LogP) is -0.0483. The second-order valence-corrected chi connectivity index (χ2v) is 6.75. The average Bonchev–Trinajstić information content (AvgIpc) is 2.28. The number of nitrogens with zero attached hydrogens (tertiary/aromatic N) is 2. The Bertz CT molecular complexity index is 311. The number of piperazine rings is 1. The van der Waals surface area contributed by atoms with Crippen molar-refractivity contribution in [1.29, 1.82) is 0 Å². The Morgan fingerprint density at radius 1 is 1.24 bits per heavy atom. The van der Waals surface area contributed by atoms with Crippen LogP contribution in [0.4, 0.5) is 0 Å². The number of hydrogen-bond acceptors (Lipinski definition) is 4. The van der Waals surface area contributed by atoms with Crippen molar-refractivity contribution in [1.82, 2.24) is 14.5 Å². The maximum absolute atomic E-state index is 11.3. The molecule has 1 heterocycles. The Kier molecular flexibility index (Phi) is 5.85. The van der Waals surface area contributed by atoms with Crippen molar-refractivity contribution in [3.05, 3.63) is 0 Å². The van der Waals surface area contributed by atoms with Gasteiger partial charge < -0.3 is 5.32 Å². The first kappa shape index (κ1) is 14.9. The monoisotopic (exact) mass is 263 g/mol. The summed E-state index contributed by atoms with van der Waals surface area (Å²) in [5.74, 6) is 0. The van der Waals surface area contributed by atoms with E-state index in [-0.39, 0.29) is 0 Å². The first-order valence-corrected chi connectivity index (χ1v) is 8.19. The van der Waals surface area contributed by atoms with E-state index in [1.807, 2.05) is 0 Å². The minimum Gasteiger partial charge on any atom is -0.313 e. The lowest BCUT2D eigenvalue weighted by Crippen LogP contribution is -2.50. The van der Waals surface area contributed by atoms with Crippen LogP contribution in [0.5, 0.6) is 0 Å². The zero-order chi connectivity index (χ0) is 12.9. The van der Waals surface area contributed by atoms with E-state index in [1.165, 1.54) is 6.26 Å². The van der Waals surface area contributed by atoms with Gasteiger partial charge in [0.15, 0.2) is 0 Å². The molecule has 1 rings (SSSR count). The van der Waals surface area contributed by atoms with Crippen LogP contribution in [0.1, 0.15) is 20.3 Å². The van der Waals surface area contributed by atoms with Gasteiger partial charge in [0, 0.05) is 45.3 Å². The van der Waals surface area contributed by atoms with Crippen molar-refractivity contribution in [2.75, 3.05) is 45.5 Å². The van der Waals surface area contributed by atoms with Gasteiger partial charge in [-0.25, -0.2) is 8.42 Å². The molecule has 1 saturated heterocycles. The first-order chi connectivity index (χ1) is 7.93. The summed E-state index contributed by atoms with van der Waals surface area (Å²) in [7, 11) is -3.00. The SMILES string of the molecule is CCC(C)NCCN1CCN(S(C)(=O)=O)CC1. The molecule has 1 atom stereocenters. The summed E-state index contributed by atoms with van der Waals surface area (Å²) in [4.78, 5) is 2.32. The van der Waals surface area contributed by atoms with Gasteiger partial charge in [0.2, 0.25) is 10.0 Å². The molecule has 1 N–H and O–H groups in total. The zero-order valence-corrected chi connectivity index (χ0v) is 12.0. The first-order valence-electron chi connectivity index (χ1n) is 6.34. The fourth-order valence-electron chi connectivity index (χ4n) is 1.90. The van der Waals surface area contributed by atoms with Gasteiger partial charge in [-0.05, 0) is 13.3 Å². The minimum atomic E-state index is -3.00. The molecule has 5 nitrogen and oxygen atoms in total. The molecule has 0 amide bonds. The number of hydrogen-bond donors (Lipinski definition) is 1. The highest BCUT2D eigenvalue weighted by Crippen LogP contribution is 2.05. The van der Waals surface area contributed by atoms with Gasteiger partial charge in [-0.2, -0.15) is 4.31 Å². The van der Waals surface area contributed by atoms with Crippen molar-refractivity contribution in [2.45, 2.75) is 26.3 Å². The van der Waals surface area contributed by atoms with Crippen molar-refractivity contribution in [2.24, 2.45) is 0 Å². The minimum absolute atomic E-state index is 0.562. The third-order valence-electron chi connectivity index (χ3n) is 3.33. The molecule has 0 radical (unpaired) electrons. The van der Waals surface area contributed by atoms with E-state index < -0.39 is 10.0 Å². The lowest BCUT2D eigenvalue weighted by Gasteiger charge is -2.33. The molecule has 0 saturated carbocycles. The normalized spacial score (nSPS) is 21.6. The van der Waals surface area contributed by atoms with Crippen molar-refractivity contribution < 1.29 is 8.42 Å². The molecule has 17 heavy (non-hydrogen) atoms. The average molecular weight is 263 g/mol. The van der Waals surface area contributed by atoms with Crippen LogP contribution in [0.25, 0.3) is 0 Å². The Balaban J connectivity index is 2.19. The van der Waals surface area contributed by atoms with Crippen LogP contribution < -0.4 is 5.32 Å². The maximum atomic E-state index is 11.3. The molecule has 102 valence electrons. The Morgan fingerprint density at radius 3 is 2.29 bits per heavy atom. The molecule has 1 aliphatic heterocycles. The predicted molar refractivity (Wildman–Crippen MR) is 70.6 cm³/mol. The summed E-state index contributed by atoms with van der Waals surface area (Å²) in [6.07, 6.45) is 2.43. The topological polar surface area (TPSA) is 52.6 Å². The molecule has 6 heteroatoms. The molecule has 0 aliphatic carbocycles. The summed E-state index contributed by atoms with van der Waals surface area (Å²) < 4.78 is 24.2. The summed E-state index contributed by atoms with van der Waals surface area (Å²) in [6, 6.07) is 0.562. The molecule has 0 spiro atoms. The van der Waals surface area contributed by atoms with Gasteiger partial charge in [-0.3, -0.25) is 4.90 Å². The number of nitrogens with one attached hydrogen (secondary N) is 1. The van der Waals surface area contributed by atoms with E-state index in [4.69, 9.17) is 0 Å². The highest BCUT2D eigenvalue weighted by atomic mass is 32.2. The van der Waals surface area contributed by atoms with Crippen LogP contribution in [0.15, 0.2) is 0 Å². The van der Waals surface area contributed by atoms with E-state index in [2.05, 4.69) is 24.1 Å². The highest BCUT2D eigenvalue weighted by Gasteiger charge is 2.22. The van der Waals surface area contributed by atoms with E-state index in [1.54, 1.807) is 4.31 Å². The lowest BCUT2D eigenvalue weighted by atomic mass is 10.2. The van der Waals surface area contributed by atoms with Crippen molar-refractivity contribution in [3.8, 4) is 0 Å². The van der Waals surface area contributed by atoms with E-state index >= 15 is 0 Å². The molecule has 0 aromatic carbocycles. The molecule has 1 unspecified atom stereocenters. The summed E-state index contributed by atoms with van der Waals surface area (Å²) in [6.45, 7) is 9.27. The Morgan fingerprint density at radius 2 is 1.82 bits per heavy atom. The summed E-state index contributed by atoms with van der Waals surface area (Å²) in [5, 5.41) is 3.45. The van der Waals surface area contributed by atoms with Crippen LogP contribution >= 0.6 is 0 Å². The Hall–Kier alpha value is -0.170. The van der Waals surface area contributed by atoms with Crippen LogP contribution in [0.3, 0.4) is 0 Å². The maximum Gasteiger partial charge on any atom is 0.211 e. The number of sulfonamides is 1.